The number of hydrogen-bond donors (Lipinski definition) is 0. The molecule has 6 heteroatoms. The molecule has 0 saturated carbocycles. The lowest BCUT2D eigenvalue weighted by atomic mass is 10.2. The van der Waals surface area contributed by atoms with Gasteiger partial charge in [0.15, 0.2) is 0 Å². The van der Waals surface area contributed by atoms with Gasteiger partial charge in [-0.15, -0.1) is 0 Å². The normalized spacial score (nSPS) is 11.9. The molecule has 5 nitrogen and oxygen atoms in total. The van der Waals surface area contributed by atoms with Crippen LogP contribution in [0.3, 0.4) is 0 Å². The lowest BCUT2D eigenvalue weighted by Crippen LogP contribution is -2.17. The average molecular weight is 308 g/mol. The second-order valence-electron chi connectivity index (χ2n) is 5.08. The van der Waals surface area contributed by atoms with Crippen molar-refractivity contribution in [2.45, 2.75) is 38.0 Å². The molecule has 21 heavy (non-hydrogen) atoms. The maximum Gasteiger partial charge on any atom is 0.272 e. The van der Waals surface area contributed by atoms with E-state index in [1.807, 2.05) is 26.8 Å². The van der Waals surface area contributed by atoms with Crippen molar-refractivity contribution in [1.82, 2.24) is 8.96 Å². The van der Waals surface area contributed by atoms with Gasteiger partial charge in [0.1, 0.15) is 16.5 Å². The summed E-state index contributed by atoms with van der Waals surface area (Å²) in [6.07, 6.45) is 3.74. The zero-order valence-corrected chi connectivity index (χ0v) is 13.5. The van der Waals surface area contributed by atoms with Gasteiger partial charge in [0, 0.05) is 18.3 Å². The van der Waals surface area contributed by atoms with Gasteiger partial charge in [-0.1, -0.05) is 26.8 Å². The van der Waals surface area contributed by atoms with E-state index in [4.69, 9.17) is 4.74 Å². The molecule has 114 valence electrons. The molecule has 0 saturated heterocycles. The molecular weight excluding hydrogens is 288 g/mol. The number of methoxy groups -OCH3 is 1. The Bertz CT molecular complexity index is 733. The molecular formula is C15H20N2O3S. The Balaban J connectivity index is 2.66. The Morgan fingerprint density at radius 1 is 1.33 bits per heavy atom. The standard InChI is InChI=1S/C15H20N2O3S/c1-5-12-6-7-13(20-4)14(10-12)21(18,19)17-9-8-16-15(17)11(2)3/h6-11H,5H2,1-4H3. The maximum absolute atomic E-state index is 12.9. The van der Waals surface area contributed by atoms with Gasteiger partial charge in [0.25, 0.3) is 10.0 Å². The number of aryl methyl sites for hydroxylation is 1. The van der Waals surface area contributed by atoms with Gasteiger partial charge in [-0.05, 0) is 24.1 Å². The quantitative estimate of drug-likeness (QED) is 0.852. The molecule has 2 aromatic rings. The van der Waals surface area contributed by atoms with Crippen molar-refractivity contribution >= 4 is 10.0 Å². The van der Waals surface area contributed by atoms with Crippen molar-refractivity contribution in [3.8, 4) is 5.75 Å². The third-order valence-electron chi connectivity index (χ3n) is 3.32. The fourth-order valence-electron chi connectivity index (χ4n) is 2.16. The Hall–Kier alpha value is -1.82. The molecule has 1 aromatic carbocycles. The van der Waals surface area contributed by atoms with Gasteiger partial charge >= 0.3 is 0 Å². The van der Waals surface area contributed by atoms with Crippen molar-refractivity contribution < 1.29 is 13.2 Å². The molecule has 0 bridgehead atoms. The Morgan fingerprint density at radius 3 is 2.62 bits per heavy atom. The van der Waals surface area contributed by atoms with Crippen LogP contribution in [0.15, 0.2) is 35.5 Å². The molecule has 0 spiro atoms. The van der Waals surface area contributed by atoms with Crippen molar-refractivity contribution in [3.05, 3.63) is 42.0 Å². The molecule has 0 N–H and O–H groups in total. The molecule has 0 aliphatic rings. The first kappa shape index (κ1) is 15.6. The van der Waals surface area contributed by atoms with E-state index in [0.717, 1.165) is 12.0 Å². The van der Waals surface area contributed by atoms with Crippen LogP contribution in [0.5, 0.6) is 5.75 Å². The number of benzene rings is 1. The minimum atomic E-state index is -3.72. The van der Waals surface area contributed by atoms with Gasteiger partial charge in [0.05, 0.1) is 7.11 Å². The molecule has 1 heterocycles. The largest absolute Gasteiger partial charge is 0.495 e. The fourth-order valence-corrected chi connectivity index (χ4v) is 3.80. The van der Waals surface area contributed by atoms with Crippen molar-refractivity contribution in [2.75, 3.05) is 7.11 Å². The maximum atomic E-state index is 12.9. The van der Waals surface area contributed by atoms with Gasteiger partial charge in [-0.25, -0.2) is 17.4 Å². The summed E-state index contributed by atoms with van der Waals surface area (Å²) in [6.45, 7) is 5.80. The molecule has 0 atom stereocenters. The summed E-state index contributed by atoms with van der Waals surface area (Å²) in [5, 5.41) is 0. The topological polar surface area (TPSA) is 61.2 Å². The lowest BCUT2D eigenvalue weighted by molar-refractivity contribution is 0.402. The minimum absolute atomic E-state index is 0.00938. The van der Waals surface area contributed by atoms with Crippen LogP contribution in [0.1, 0.15) is 38.1 Å². The van der Waals surface area contributed by atoms with E-state index in [1.165, 1.54) is 23.5 Å². The summed E-state index contributed by atoms with van der Waals surface area (Å²) in [6, 6.07) is 5.23. The first-order valence-electron chi connectivity index (χ1n) is 6.87. The van der Waals surface area contributed by atoms with Crippen LogP contribution in [0, 0.1) is 0 Å². The van der Waals surface area contributed by atoms with Crippen molar-refractivity contribution in [1.29, 1.82) is 0 Å². The first-order valence-corrected chi connectivity index (χ1v) is 8.31. The van der Waals surface area contributed by atoms with Crippen LogP contribution in [0.2, 0.25) is 0 Å². The third kappa shape index (κ3) is 2.81. The van der Waals surface area contributed by atoms with Crippen LogP contribution in [0.4, 0.5) is 0 Å². The van der Waals surface area contributed by atoms with Crippen LogP contribution >= 0.6 is 0 Å². The lowest BCUT2D eigenvalue weighted by Gasteiger charge is -2.14. The van der Waals surface area contributed by atoms with Gasteiger partial charge in [-0.3, -0.25) is 0 Å². The number of ether oxygens (including phenoxy) is 1. The second kappa shape index (κ2) is 5.89. The van der Waals surface area contributed by atoms with E-state index in [0.29, 0.717) is 11.6 Å². The average Bonchev–Trinajstić information content (AvgIpc) is 2.97. The molecule has 0 radical (unpaired) electrons. The van der Waals surface area contributed by atoms with E-state index in [9.17, 15) is 8.42 Å². The molecule has 0 amide bonds. The third-order valence-corrected chi connectivity index (χ3v) is 5.03. The number of nitrogens with zero attached hydrogens (tertiary/aromatic N) is 2. The van der Waals surface area contributed by atoms with E-state index >= 15 is 0 Å². The van der Waals surface area contributed by atoms with Gasteiger partial charge in [-0.2, -0.15) is 0 Å². The van der Waals surface area contributed by atoms with Crippen molar-refractivity contribution in [2.24, 2.45) is 0 Å². The fraction of sp³-hybridized carbons (Fsp3) is 0.400. The highest BCUT2D eigenvalue weighted by molar-refractivity contribution is 7.90. The highest BCUT2D eigenvalue weighted by Gasteiger charge is 2.25. The highest BCUT2D eigenvalue weighted by Crippen LogP contribution is 2.28. The molecule has 0 unspecified atom stereocenters. The summed E-state index contributed by atoms with van der Waals surface area (Å²) in [5.74, 6) is 0.865. The van der Waals surface area contributed by atoms with E-state index < -0.39 is 10.0 Å². The van der Waals surface area contributed by atoms with Crippen LogP contribution in [0.25, 0.3) is 0 Å². The molecule has 0 aliphatic heterocycles. The summed E-state index contributed by atoms with van der Waals surface area (Å²) in [4.78, 5) is 4.32. The zero-order chi connectivity index (χ0) is 15.6. The predicted molar refractivity (Wildman–Crippen MR) is 81.3 cm³/mol. The smallest absolute Gasteiger partial charge is 0.272 e. The Labute approximate surface area is 125 Å². The molecule has 0 aliphatic carbocycles. The zero-order valence-electron chi connectivity index (χ0n) is 12.7. The SMILES string of the molecule is CCc1ccc(OC)c(S(=O)(=O)n2ccnc2C(C)C)c1. The second-order valence-corrected chi connectivity index (χ2v) is 6.86. The Kier molecular flexibility index (Phi) is 4.37. The van der Waals surface area contributed by atoms with Gasteiger partial charge < -0.3 is 4.74 Å². The molecule has 0 fully saturated rings. The summed E-state index contributed by atoms with van der Waals surface area (Å²) in [7, 11) is -2.25. The van der Waals surface area contributed by atoms with E-state index in [2.05, 4.69) is 4.98 Å². The predicted octanol–water partition coefficient (Wildman–Crippen LogP) is 2.81. The molecule has 1 aromatic heterocycles. The number of aromatic nitrogens is 2. The number of imidazole rings is 1. The summed E-state index contributed by atoms with van der Waals surface area (Å²) >= 11 is 0. The Morgan fingerprint density at radius 2 is 2.05 bits per heavy atom. The van der Waals surface area contributed by atoms with Crippen LogP contribution in [-0.2, 0) is 16.4 Å². The number of rotatable bonds is 5. The minimum Gasteiger partial charge on any atom is -0.495 e. The van der Waals surface area contributed by atoms with Gasteiger partial charge in [0.2, 0.25) is 0 Å². The van der Waals surface area contributed by atoms with Crippen LogP contribution in [-0.4, -0.2) is 24.5 Å². The van der Waals surface area contributed by atoms with E-state index in [1.54, 1.807) is 12.1 Å². The summed E-state index contributed by atoms with van der Waals surface area (Å²) < 4.78 is 32.3. The monoisotopic (exact) mass is 308 g/mol. The number of hydrogen-bond acceptors (Lipinski definition) is 4. The van der Waals surface area contributed by atoms with E-state index in [-0.39, 0.29) is 10.8 Å². The summed E-state index contributed by atoms with van der Waals surface area (Å²) in [5.41, 5.74) is 0.945. The first-order chi connectivity index (χ1) is 9.91. The molecule has 2 rings (SSSR count). The highest BCUT2D eigenvalue weighted by atomic mass is 32.2. The van der Waals surface area contributed by atoms with Crippen molar-refractivity contribution in [3.63, 3.8) is 0 Å². The van der Waals surface area contributed by atoms with Crippen LogP contribution < -0.4 is 4.74 Å².